The van der Waals surface area contributed by atoms with Gasteiger partial charge in [-0.3, -0.25) is 4.79 Å². The molecule has 60 valence electrons. The van der Waals surface area contributed by atoms with Gasteiger partial charge >= 0.3 is 0 Å². The van der Waals surface area contributed by atoms with Gasteiger partial charge in [0.1, 0.15) is 5.58 Å². The van der Waals surface area contributed by atoms with E-state index in [1.54, 1.807) is 12.3 Å². The number of rotatable bonds is 1. The lowest BCUT2D eigenvalue weighted by atomic mass is 10.1. The molecule has 12 heavy (non-hydrogen) atoms. The van der Waals surface area contributed by atoms with Gasteiger partial charge in [-0.2, -0.15) is 0 Å². The predicted molar refractivity (Wildman–Crippen MR) is 46.3 cm³/mol. The van der Waals surface area contributed by atoms with E-state index in [0.717, 1.165) is 17.2 Å². The summed E-state index contributed by atoms with van der Waals surface area (Å²) in [6.45, 7) is 1.96. The molecule has 0 aliphatic rings. The van der Waals surface area contributed by atoms with Crippen molar-refractivity contribution >= 4 is 17.3 Å². The lowest BCUT2D eigenvalue weighted by Gasteiger charge is -1.91. The van der Waals surface area contributed by atoms with Gasteiger partial charge in [0.25, 0.3) is 0 Å². The Kier molecular flexibility index (Phi) is 1.47. The van der Waals surface area contributed by atoms with Gasteiger partial charge in [0.2, 0.25) is 0 Å². The van der Waals surface area contributed by atoms with Crippen LogP contribution in [0.3, 0.4) is 0 Å². The Labute approximate surface area is 69.8 Å². The molecule has 1 heterocycles. The van der Waals surface area contributed by atoms with Crippen molar-refractivity contribution in [2.75, 3.05) is 0 Å². The summed E-state index contributed by atoms with van der Waals surface area (Å²) >= 11 is 0. The molecular weight excluding hydrogens is 152 g/mol. The third kappa shape index (κ3) is 0.848. The van der Waals surface area contributed by atoms with Crippen LogP contribution in [0.25, 0.3) is 11.0 Å². The van der Waals surface area contributed by atoms with Gasteiger partial charge in [-0.05, 0) is 18.6 Å². The first kappa shape index (κ1) is 7.10. The first-order valence-electron chi connectivity index (χ1n) is 3.75. The highest BCUT2D eigenvalue weighted by atomic mass is 16.3. The zero-order chi connectivity index (χ0) is 8.55. The summed E-state index contributed by atoms with van der Waals surface area (Å²) < 4.78 is 5.24. The summed E-state index contributed by atoms with van der Waals surface area (Å²) in [6.07, 6.45) is 2.48. The lowest BCUT2D eigenvalue weighted by Crippen LogP contribution is -1.78. The van der Waals surface area contributed by atoms with Crippen LogP contribution in [0, 0.1) is 6.92 Å². The van der Waals surface area contributed by atoms with Gasteiger partial charge < -0.3 is 4.42 Å². The van der Waals surface area contributed by atoms with Gasteiger partial charge in [0.15, 0.2) is 6.29 Å². The van der Waals surface area contributed by atoms with Crippen LogP contribution in [-0.4, -0.2) is 6.29 Å². The highest BCUT2D eigenvalue weighted by Gasteiger charge is 2.04. The Morgan fingerprint density at radius 1 is 1.42 bits per heavy atom. The van der Waals surface area contributed by atoms with Crippen LogP contribution >= 0.6 is 0 Å². The fraction of sp³-hybridized carbons (Fsp3) is 0.100. The van der Waals surface area contributed by atoms with E-state index in [4.69, 9.17) is 4.42 Å². The molecular formula is C10H8O2. The Hall–Kier alpha value is -1.57. The summed E-state index contributed by atoms with van der Waals surface area (Å²) in [7, 11) is 0. The average Bonchev–Trinajstić information content (AvgIpc) is 2.48. The number of hydrogen-bond donors (Lipinski definition) is 0. The molecule has 0 saturated carbocycles. The van der Waals surface area contributed by atoms with Gasteiger partial charge in [0.05, 0.1) is 11.8 Å². The topological polar surface area (TPSA) is 30.2 Å². The molecule has 2 heteroatoms. The van der Waals surface area contributed by atoms with Crippen molar-refractivity contribution in [2.45, 2.75) is 6.92 Å². The van der Waals surface area contributed by atoms with Gasteiger partial charge in [-0.15, -0.1) is 0 Å². The number of carbonyl (C=O) groups is 1. The maximum absolute atomic E-state index is 10.6. The SMILES string of the molecule is Cc1coc2c(C=O)cccc12. The Morgan fingerprint density at radius 2 is 2.25 bits per heavy atom. The minimum atomic E-state index is 0.612. The molecule has 0 spiro atoms. The molecule has 0 aliphatic heterocycles. The molecule has 0 radical (unpaired) electrons. The quantitative estimate of drug-likeness (QED) is 0.600. The minimum Gasteiger partial charge on any atom is -0.463 e. The maximum atomic E-state index is 10.6. The standard InChI is InChI=1S/C10H8O2/c1-7-6-12-10-8(5-11)3-2-4-9(7)10/h2-6H,1H3. The van der Waals surface area contributed by atoms with E-state index in [-0.39, 0.29) is 0 Å². The molecule has 0 fully saturated rings. The Morgan fingerprint density at radius 3 is 3.00 bits per heavy atom. The molecule has 0 saturated heterocycles. The molecule has 0 amide bonds. The van der Waals surface area contributed by atoms with E-state index < -0.39 is 0 Å². The maximum Gasteiger partial charge on any atom is 0.153 e. The number of para-hydroxylation sites is 1. The monoisotopic (exact) mass is 160 g/mol. The van der Waals surface area contributed by atoms with Crippen molar-refractivity contribution in [3.63, 3.8) is 0 Å². The highest BCUT2D eigenvalue weighted by Crippen LogP contribution is 2.22. The molecule has 0 N–H and O–H groups in total. The van der Waals surface area contributed by atoms with E-state index >= 15 is 0 Å². The van der Waals surface area contributed by atoms with Crippen LogP contribution < -0.4 is 0 Å². The number of hydrogen-bond acceptors (Lipinski definition) is 2. The summed E-state index contributed by atoms with van der Waals surface area (Å²) in [5.74, 6) is 0. The summed E-state index contributed by atoms with van der Waals surface area (Å²) in [5.41, 5.74) is 2.36. The molecule has 2 nitrogen and oxygen atoms in total. The molecule has 0 atom stereocenters. The molecule has 2 rings (SSSR count). The summed E-state index contributed by atoms with van der Waals surface area (Å²) in [4.78, 5) is 10.6. The number of aldehydes is 1. The number of benzene rings is 1. The van der Waals surface area contributed by atoms with Crippen molar-refractivity contribution in [3.8, 4) is 0 Å². The number of furan rings is 1. The van der Waals surface area contributed by atoms with Crippen LogP contribution in [0.1, 0.15) is 15.9 Å². The Bertz CT molecular complexity index is 426. The zero-order valence-electron chi connectivity index (χ0n) is 6.70. The first-order valence-corrected chi connectivity index (χ1v) is 3.75. The fourth-order valence-electron chi connectivity index (χ4n) is 1.30. The average molecular weight is 160 g/mol. The highest BCUT2D eigenvalue weighted by molar-refractivity contribution is 5.95. The van der Waals surface area contributed by atoms with Gasteiger partial charge in [-0.25, -0.2) is 0 Å². The van der Waals surface area contributed by atoms with Crippen LogP contribution in [0.15, 0.2) is 28.9 Å². The van der Waals surface area contributed by atoms with E-state index in [9.17, 15) is 4.79 Å². The largest absolute Gasteiger partial charge is 0.463 e. The summed E-state index contributed by atoms with van der Waals surface area (Å²) in [5, 5.41) is 1.01. The zero-order valence-corrected chi connectivity index (χ0v) is 6.70. The number of fused-ring (bicyclic) bond motifs is 1. The number of carbonyl (C=O) groups excluding carboxylic acids is 1. The second-order valence-corrected chi connectivity index (χ2v) is 2.76. The van der Waals surface area contributed by atoms with Crippen LogP contribution in [0.5, 0.6) is 0 Å². The van der Waals surface area contributed by atoms with E-state index in [2.05, 4.69) is 0 Å². The van der Waals surface area contributed by atoms with Crippen molar-refractivity contribution in [3.05, 3.63) is 35.6 Å². The van der Waals surface area contributed by atoms with E-state index in [1.807, 2.05) is 19.1 Å². The fourth-order valence-corrected chi connectivity index (χ4v) is 1.30. The lowest BCUT2D eigenvalue weighted by molar-refractivity contribution is 0.112. The van der Waals surface area contributed by atoms with Crippen molar-refractivity contribution in [1.29, 1.82) is 0 Å². The van der Waals surface area contributed by atoms with Crippen molar-refractivity contribution in [2.24, 2.45) is 0 Å². The molecule has 1 aromatic carbocycles. The molecule has 0 bridgehead atoms. The van der Waals surface area contributed by atoms with Crippen molar-refractivity contribution < 1.29 is 9.21 Å². The van der Waals surface area contributed by atoms with Crippen LogP contribution in [0.2, 0.25) is 0 Å². The second kappa shape index (κ2) is 2.48. The minimum absolute atomic E-state index is 0.612. The number of aryl methyl sites for hydroxylation is 1. The van der Waals surface area contributed by atoms with Gasteiger partial charge in [-0.1, -0.05) is 12.1 Å². The van der Waals surface area contributed by atoms with E-state index in [1.165, 1.54) is 0 Å². The predicted octanol–water partition coefficient (Wildman–Crippen LogP) is 2.55. The van der Waals surface area contributed by atoms with Gasteiger partial charge in [0, 0.05) is 5.39 Å². The van der Waals surface area contributed by atoms with Crippen molar-refractivity contribution in [1.82, 2.24) is 0 Å². The third-order valence-corrected chi connectivity index (χ3v) is 1.95. The second-order valence-electron chi connectivity index (χ2n) is 2.76. The summed E-state index contributed by atoms with van der Waals surface area (Å²) in [6, 6.07) is 5.55. The Balaban J connectivity index is 2.89. The molecule has 0 unspecified atom stereocenters. The molecule has 1 aromatic heterocycles. The molecule has 2 aromatic rings. The molecule has 0 aliphatic carbocycles. The van der Waals surface area contributed by atoms with Crippen LogP contribution in [-0.2, 0) is 0 Å². The van der Waals surface area contributed by atoms with Crippen LogP contribution in [0.4, 0.5) is 0 Å². The smallest absolute Gasteiger partial charge is 0.153 e. The third-order valence-electron chi connectivity index (χ3n) is 1.95. The first-order chi connectivity index (χ1) is 5.83. The van der Waals surface area contributed by atoms with E-state index in [0.29, 0.717) is 11.1 Å². The normalized spacial score (nSPS) is 10.4.